The average Bonchev–Trinajstić information content (AvgIpc) is 2.12. The molecule has 0 amide bonds. The molecule has 2 nitrogen and oxygen atoms in total. The van der Waals surface area contributed by atoms with E-state index in [1.165, 1.54) is 0 Å². The van der Waals surface area contributed by atoms with Crippen LogP contribution in [-0.2, 0) is 4.74 Å². The molecule has 92 valence electrons. The van der Waals surface area contributed by atoms with Crippen molar-refractivity contribution in [2.45, 2.75) is 57.4 Å². The van der Waals surface area contributed by atoms with Gasteiger partial charge in [0.1, 0.15) is 0 Å². The SMILES string of the molecule is COC(C)CCC(O)CCCC(F)(F)F. The maximum atomic E-state index is 11.8. The Hall–Kier alpha value is -0.290. The van der Waals surface area contributed by atoms with Crippen molar-refractivity contribution in [2.24, 2.45) is 0 Å². The lowest BCUT2D eigenvalue weighted by Crippen LogP contribution is -2.14. The van der Waals surface area contributed by atoms with Crippen LogP contribution < -0.4 is 0 Å². The second-order valence-electron chi connectivity index (χ2n) is 3.78. The maximum Gasteiger partial charge on any atom is 0.389 e. The van der Waals surface area contributed by atoms with Gasteiger partial charge in [0.2, 0.25) is 0 Å². The minimum atomic E-state index is -4.11. The van der Waals surface area contributed by atoms with Crippen LogP contribution in [0.3, 0.4) is 0 Å². The van der Waals surface area contributed by atoms with Gasteiger partial charge < -0.3 is 9.84 Å². The van der Waals surface area contributed by atoms with E-state index in [2.05, 4.69) is 0 Å². The molecule has 15 heavy (non-hydrogen) atoms. The number of aliphatic hydroxyl groups excluding tert-OH is 1. The monoisotopic (exact) mass is 228 g/mol. The second-order valence-corrected chi connectivity index (χ2v) is 3.78. The van der Waals surface area contributed by atoms with E-state index in [-0.39, 0.29) is 18.9 Å². The van der Waals surface area contributed by atoms with Crippen LogP contribution in [-0.4, -0.2) is 30.6 Å². The smallest absolute Gasteiger partial charge is 0.389 e. The lowest BCUT2D eigenvalue weighted by Gasteiger charge is -2.14. The van der Waals surface area contributed by atoms with E-state index in [4.69, 9.17) is 4.74 Å². The van der Waals surface area contributed by atoms with Gasteiger partial charge >= 0.3 is 6.18 Å². The summed E-state index contributed by atoms with van der Waals surface area (Å²) >= 11 is 0. The predicted molar refractivity (Wildman–Crippen MR) is 51.6 cm³/mol. The summed E-state index contributed by atoms with van der Waals surface area (Å²) in [4.78, 5) is 0. The first kappa shape index (κ1) is 14.7. The Bertz CT molecular complexity index is 159. The molecule has 0 heterocycles. The third kappa shape index (κ3) is 10.0. The van der Waals surface area contributed by atoms with Crippen molar-refractivity contribution < 1.29 is 23.0 Å². The van der Waals surface area contributed by atoms with E-state index in [1.807, 2.05) is 6.92 Å². The summed E-state index contributed by atoms with van der Waals surface area (Å²) in [6.45, 7) is 1.86. The molecule has 0 aromatic carbocycles. The van der Waals surface area contributed by atoms with Gasteiger partial charge in [-0.3, -0.25) is 0 Å². The highest BCUT2D eigenvalue weighted by molar-refractivity contribution is 4.61. The Labute approximate surface area is 88.4 Å². The zero-order chi connectivity index (χ0) is 11.9. The highest BCUT2D eigenvalue weighted by Crippen LogP contribution is 2.23. The minimum absolute atomic E-state index is 0.00791. The molecule has 0 bridgehead atoms. The number of methoxy groups -OCH3 is 1. The van der Waals surface area contributed by atoms with Gasteiger partial charge in [0, 0.05) is 13.5 Å². The first-order chi connectivity index (χ1) is 6.85. The summed E-state index contributed by atoms with van der Waals surface area (Å²) < 4.78 is 40.3. The Balaban J connectivity index is 3.45. The van der Waals surface area contributed by atoms with Crippen LogP contribution in [0.15, 0.2) is 0 Å². The van der Waals surface area contributed by atoms with Gasteiger partial charge in [-0.1, -0.05) is 0 Å². The van der Waals surface area contributed by atoms with Crippen LogP contribution in [0, 0.1) is 0 Å². The summed E-state index contributed by atoms with van der Waals surface area (Å²) in [6.07, 6.45) is -4.17. The molecular formula is C10H19F3O2. The molecule has 0 saturated heterocycles. The van der Waals surface area contributed by atoms with Crippen molar-refractivity contribution in [1.82, 2.24) is 0 Å². The van der Waals surface area contributed by atoms with E-state index >= 15 is 0 Å². The number of alkyl halides is 3. The molecule has 0 aromatic rings. The summed E-state index contributed by atoms with van der Waals surface area (Å²) in [5, 5.41) is 9.37. The predicted octanol–water partition coefficient (Wildman–Crippen LogP) is 2.90. The second kappa shape index (κ2) is 7.06. The third-order valence-corrected chi connectivity index (χ3v) is 2.31. The van der Waals surface area contributed by atoms with Crippen LogP contribution in [0.5, 0.6) is 0 Å². The van der Waals surface area contributed by atoms with Crippen LogP contribution in [0.2, 0.25) is 0 Å². The van der Waals surface area contributed by atoms with Gasteiger partial charge in [-0.05, 0) is 32.6 Å². The topological polar surface area (TPSA) is 29.5 Å². The van der Waals surface area contributed by atoms with E-state index in [0.717, 1.165) is 0 Å². The molecule has 0 radical (unpaired) electrons. The van der Waals surface area contributed by atoms with Crippen LogP contribution in [0.25, 0.3) is 0 Å². The number of hydrogen-bond donors (Lipinski definition) is 1. The molecule has 2 atom stereocenters. The molecule has 0 fully saturated rings. The van der Waals surface area contributed by atoms with Crippen LogP contribution in [0.1, 0.15) is 39.0 Å². The van der Waals surface area contributed by atoms with Gasteiger partial charge in [-0.25, -0.2) is 0 Å². The Kier molecular flexibility index (Phi) is 6.92. The van der Waals surface area contributed by atoms with Gasteiger partial charge in [0.05, 0.1) is 12.2 Å². The van der Waals surface area contributed by atoms with Crippen molar-refractivity contribution in [2.75, 3.05) is 7.11 Å². The van der Waals surface area contributed by atoms with Crippen molar-refractivity contribution in [3.8, 4) is 0 Å². The molecule has 0 rings (SSSR count). The van der Waals surface area contributed by atoms with Crippen LogP contribution in [0.4, 0.5) is 13.2 Å². The van der Waals surface area contributed by atoms with E-state index in [9.17, 15) is 18.3 Å². The van der Waals surface area contributed by atoms with Gasteiger partial charge in [0.15, 0.2) is 0 Å². The van der Waals surface area contributed by atoms with Gasteiger partial charge in [-0.2, -0.15) is 13.2 Å². The first-order valence-electron chi connectivity index (χ1n) is 5.12. The fourth-order valence-corrected chi connectivity index (χ4v) is 1.23. The average molecular weight is 228 g/mol. The first-order valence-corrected chi connectivity index (χ1v) is 5.12. The largest absolute Gasteiger partial charge is 0.393 e. The lowest BCUT2D eigenvalue weighted by atomic mass is 10.1. The van der Waals surface area contributed by atoms with Crippen molar-refractivity contribution in [1.29, 1.82) is 0 Å². The Morgan fingerprint density at radius 1 is 1.20 bits per heavy atom. The molecular weight excluding hydrogens is 209 g/mol. The number of ether oxygens (including phenoxy) is 1. The van der Waals surface area contributed by atoms with Gasteiger partial charge in [-0.15, -0.1) is 0 Å². The zero-order valence-corrected chi connectivity index (χ0v) is 9.18. The number of aliphatic hydroxyl groups is 1. The summed E-state index contributed by atoms with van der Waals surface area (Å²) in [6, 6.07) is 0. The maximum absolute atomic E-state index is 11.8. The molecule has 0 saturated carbocycles. The fourth-order valence-electron chi connectivity index (χ4n) is 1.23. The minimum Gasteiger partial charge on any atom is -0.393 e. The standard InChI is InChI=1S/C10H19F3O2/c1-8(15-2)5-6-9(14)4-3-7-10(11,12)13/h8-9,14H,3-7H2,1-2H3. The quantitative estimate of drug-likeness (QED) is 0.726. The molecule has 0 aliphatic heterocycles. The fraction of sp³-hybridized carbons (Fsp3) is 1.00. The number of halogens is 3. The van der Waals surface area contributed by atoms with E-state index in [1.54, 1.807) is 7.11 Å². The summed E-state index contributed by atoms with van der Waals surface area (Å²) in [5.74, 6) is 0. The summed E-state index contributed by atoms with van der Waals surface area (Å²) in [7, 11) is 1.57. The molecule has 0 spiro atoms. The Morgan fingerprint density at radius 3 is 2.27 bits per heavy atom. The molecule has 0 aliphatic rings. The lowest BCUT2D eigenvalue weighted by molar-refractivity contribution is -0.136. The molecule has 5 heteroatoms. The van der Waals surface area contributed by atoms with Gasteiger partial charge in [0.25, 0.3) is 0 Å². The molecule has 0 aromatic heterocycles. The molecule has 1 N–H and O–H groups in total. The third-order valence-electron chi connectivity index (χ3n) is 2.31. The zero-order valence-electron chi connectivity index (χ0n) is 9.18. The molecule has 2 unspecified atom stereocenters. The Morgan fingerprint density at radius 2 is 1.80 bits per heavy atom. The van der Waals surface area contributed by atoms with Crippen molar-refractivity contribution >= 4 is 0 Å². The normalized spacial score (nSPS) is 16.4. The summed E-state index contributed by atoms with van der Waals surface area (Å²) in [5.41, 5.74) is 0. The molecule has 0 aliphatic carbocycles. The highest BCUT2D eigenvalue weighted by atomic mass is 19.4. The number of hydrogen-bond acceptors (Lipinski definition) is 2. The van der Waals surface area contributed by atoms with Crippen LogP contribution >= 0.6 is 0 Å². The van der Waals surface area contributed by atoms with E-state index in [0.29, 0.717) is 12.8 Å². The highest BCUT2D eigenvalue weighted by Gasteiger charge is 2.26. The number of rotatable bonds is 7. The van der Waals surface area contributed by atoms with E-state index < -0.39 is 18.7 Å². The van der Waals surface area contributed by atoms with Crippen molar-refractivity contribution in [3.63, 3.8) is 0 Å². The van der Waals surface area contributed by atoms with Crippen molar-refractivity contribution in [3.05, 3.63) is 0 Å².